The molecule has 0 aromatic heterocycles. The van der Waals surface area contributed by atoms with Crippen LogP contribution in [0, 0.1) is 0 Å². The van der Waals surface area contributed by atoms with Crippen molar-refractivity contribution in [3.63, 3.8) is 0 Å². The molecular weight excluding hydrogens is 404 g/mol. The summed E-state index contributed by atoms with van der Waals surface area (Å²) in [6, 6.07) is 8.72. The quantitative estimate of drug-likeness (QED) is 0.196. The second-order valence-electron chi connectivity index (χ2n) is 7.64. The van der Waals surface area contributed by atoms with Gasteiger partial charge in [-0.2, -0.15) is 0 Å². The number of fused-ring (bicyclic) bond motifs is 1. The SMILES string of the molecule is C=C.CC.CCCN(C)NC(C)N.CNCC/C=C1/C2=C(C=CCC2)C=Cc2ccccc21. The summed E-state index contributed by atoms with van der Waals surface area (Å²) in [6.45, 7) is 16.1. The maximum Gasteiger partial charge on any atom is 0.0652 e. The van der Waals surface area contributed by atoms with E-state index in [9.17, 15) is 0 Å². The van der Waals surface area contributed by atoms with Crippen LogP contribution >= 0.6 is 0 Å². The van der Waals surface area contributed by atoms with E-state index in [2.05, 4.69) is 85.5 Å². The van der Waals surface area contributed by atoms with Gasteiger partial charge >= 0.3 is 0 Å². The maximum atomic E-state index is 5.47. The summed E-state index contributed by atoms with van der Waals surface area (Å²) in [4.78, 5) is 0. The number of hydrogen-bond donors (Lipinski definition) is 3. The van der Waals surface area contributed by atoms with Crippen molar-refractivity contribution in [2.75, 3.05) is 27.2 Å². The molecule has 3 rings (SSSR count). The van der Waals surface area contributed by atoms with Crippen LogP contribution in [0.3, 0.4) is 0 Å². The summed E-state index contributed by atoms with van der Waals surface area (Å²) in [7, 11) is 4.00. The van der Waals surface area contributed by atoms with Crippen LogP contribution < -0.4 is 16.5 Å². The first-order valence-electron chi connectivity index (χ1n) is 12.3. The van der Waals surface area contributed by atoms with Gasteiger partial charge in [-0.25, -0.2) is 10.4 Å². The molecule has 1 atom stereocenters. The molecule has 1 unspecified atom stereocenters. The van der Waals surface area contributed by atoms with Crippen molar-refractivity contribution < 1.29 is 0 Å². The van der Waals surface area contributed by atoms with Gasteiger partial charge in [0.05, 0.1) is 6.17 Å². The monoisotopic (exact) mass is 452 g/mol. The van der Waals surface area contributed by atoms with Crippen molar-refractivity contribution in [1.29, 1.82) is 0 Å². The van der Waals surface area contributed by atoms with Crippen molar-refractivity contribution in [2.45, 2.75) is 59.5 Å². The summed E-state index contributed by atoms with van der Waals surface area (Å²) < 4.78 is 0. The Bertz CT molecular complexity index is 772. The van der Waals surface area contributed by atoms with Gasteiger partial charge in [0, 0.05) is 13.6 Å². The average molecular weight is 453 g/mol. The molecule has 0 aliphatic heterocycles. The lowest BCUT2D eigenvalue weighted by Gasteiger charge is -2.19. The van der Waals surface area contributed by atoms with Gasteiger partial charge in [-0.15, -0.1) is 13.2 Å². The van der Waals surface area contributed by atoms with Gasteiger partial charge in [-0.05, 0) is 74.0 Å². The highest BCUT2D eigenvalue weighted by Gasteiger charge is 2.17. The fourth-order valence-corrected chi connectivity index (χ4v) is 3.70. The number of nitrogens with two attached hydrogens (primary N) is 1. The van der Waals surface area contributed by atoms with E-state index in [1.807, 2.05) is 39.9 Å². The third-order valence-electron chi connectivity index (χ3n) is 4.95. The van der Waals surface area contributed by atoms with E-state index in [-0.39, 0.29) is 6.17 Å². The van der Waals surface area contributed by atoms with E-state index in [4.69, 9.17) is 5.73 Å². The van der Waals surface area contributed by atoms with Crippen LogP contribution in [0.1, 0.15) is 64.5 Å². The Morgan fingerprint density at radius 3 is 2.48 bits per heavy atom. The Balaban J connectivity index is 0.000000669. The minimum Gasteiger partial charge on any atom is -0.319 e. The van der Waals surface area contributed by atoms with Crippen molar-refractivity contribution in [1.82, 2.24) is 15.8 Å². The Hall–Kier alpha value is -2.24. The molecule has 0 radical (unpaired) electrons. The molecule has 33 heavy (non-hydrogen) atoms. The minimum atomic E-state index is 0.0570. The van der Waals surface area contributed by atoms with Gasteiger partial charge in [0.1, 0.15) is 0 Å². The Morgan fingerprint density at radius 2 is 1.85 bits per heavy atom. The van der Waals surface area contributed by atoms with Crippen molar-refractivity contribution in [2.24, 2.45) is 5.73 Å². The van der Waals surface area contributed by atoms with Gasteiger partial charge in [0.15, 0.2) is 0 Å². The molecule has 2 aliphatic carbocycles. The van der Waals surface area contributed by atoms with Crippen molar-refractivity contribution in [3.05, 3.63) is 84.0 Å². The number of hydrogen-bond acceptors (Lipinski definition) is 4. The second kappa shape index (κ2) is 19.2. The van der Waals surface area contributed by atoms with E-state index in [1.54, 1.807) is 0 Å². The molecule has 0 fully saturated rings. The lowest BCUT2D eigenvalue weighted by atomic mass is 9.87. The zero-order valence-electron chi connectivity index (χ0n) is 22.0. The second-order valence-corrected chi connectivity index (χ2v) is 7.64. The zero-order chi connectivity index (χ0) is 25.1. The van der Waals surface area contributed by atoms with E-state index < -0.39 is 0 Å². The number of nitrogens with one attached hydrogen (secondary N) is 2. The highest BCUT2D eigenvalue weighted by atomic mass is 15.5. The molecule has 0 saturated carbocycles. The summed E-state index contributed by atoms with van der Waals surface area (Å²) in [5, 5.41) is 5.23. The van der Waals surface area contributed by atoms with Crippen LogP contribution in [0.2, 0.25) is 0 Å². The predicted molar refractivity (Wildman–Crippen MR) is 150 cm³/mol. The molecule has 4 nitrogen and oxygen atoms in total. The van der Waals surface area contributed by atoms with Gasteiger partial charge in [0.25, 0.3) is 0 Å². The minimum absolute atomic E-state index is 0.0570. The molecule has 0 heterocycles. The van der Waals surface area contributed by atoms with Gasteiger partial charge in [-0.1, -0.05) is 75.4 Å². The summed E-state index contributed by atoms with van der Waals surface area (Å²) in [6.07, 6.45) is 16.0. The van der Waals surface area contributed by atoms with Crippen LogP contribution in [0.15, 0.2) is 72.9 Å². The van der Waals surface area contributed by atoms with Gasteiger partial charge in [-0.3, -0.25) is 0 Å². The van der Waals surface area contributed by atoms with Crippen LogP contribution in [0.4, 0.5) is 0 Å². The third kappa shape index (κ3) is 11.4. The fourth-order valence-electron chi connectivity index (χ4n) is 3.70. The van der Waals surface area contributed by atoms with Crippen LogP contribution in [-0.4, -0.2) is 38.4 Å². The molecule has 0 bridgehead atoms. The zero-order valence-corrected chi connectivity index (χ0v) is 22.0. The largest absolute Gasteiger partial charge is 0.319 e. The first kappa shape index (κ1) is 30.8. The standard InChI is InChI=1S/C19H21N.C6H17N3.C2H6.C2H4/c1-20-14-6-11-19-17-9-4-2-7-15(17)12-13-16-8-3-5-10-18(16)19;1-4-5-9(3)8-6(2)7;2*1-2/h2-4,7-9,11-13,20H,5-6,10,14H2,1H3;6,8H,4-5,7H2,1-3H3;1-2H3;1-2H2/b19-11+;;;. The van der Waals surface area contributed by atoms with Crippen molar-refractivity contribution in [3.8, 4) is 0 Å². The molecule has 2 aliphatic rings. The number of rotatable bonds is 7. The van der Waals surface area contributed by atoms with Crippen LogP contribution in [0.25, 0.3) is 11.6 Å². The van der Waals surface area contributed by atoms with E-state index in [0.29, 0.717) is 0 Å². The summed E-state index contributed by atoms with van der Waals surface area (Å²) in [5.74, 6) is 0. The number of benzene rings is 1. The van der Waals surface area contributed by atoms with Gasteiger partial charge in [0.2, 0.25) is 0 Å². The normalized spacial score (nSPS) is 15.7. The third-order valence-corrected chi connectivity index (χ3v) is 4.95. The molecule has 0 amide bonds. The summed E-state index contributed by atoms with van der Waals surface area (Å²) >= 11 is 0. The summed E-state index contributed by atoms with van der Waals surface area (Å²) in [5.41, 5.74) is 15.5. The Labute approximate surface area is 204 Å². The smallest absolute Gasteiger partial charge is 0.0652 e. The molecule has 4 heteroatoms. The number of hydrazine groups is 1. The number of nitrogens with zero attached hydrogens (tertiary/aromatic N) is 1. The van der Waals surface area contributed by atoms with E-state index >= 15 is 0 Å². The Morgan fingerprint density at radius 1 is 1.15 bits per heavy atom. The highest BCUT2D eigenvalue weighted by molar-refractivity contribution is 5.88. The van der Waals surface area contributed by atoms with Crippen molar-refractivity contribution >= 4 is 11.6 Å². The molecular formula is C29H48N4. The predicted octanol–water partition coefficient (Wildman–Crippen LogP) is 6.32. The average Bonchev–Trinajstić information content (AvgIpc) is 2.99. The van der Waals surface area contributed by atoms with E-state index in [0.717, 1.165) is 38.8 Å². The molecule has 0 saturated heterocycles. The molecule has 0 spiro atoms. The molecule has 1 aromatic carbocycles. The lowest BCUT2D eigenvalue weighted by molar-refractivity contribution is 0.206. The van der Waals surface area contributed by atoms with Crippen LogP contribution in [0.5, 0.6) is 0 Å². The van der Waals surface area contributed by atoms with Gasteiger partial charge < -0.3 is 11.1 Å². The number of allylic oxidation sites excluding steroid dienone is 6. The lowest BCUT2D eigenvalue weighted by Crippen LogP contribution is -2.45. The highest BCUT2D eigenvalue weighted by Crippen LogP contribution is 2.37. The molecule has 184 valence electrons. The van der Waals surface area contributed by atoms with E-state index in [1.165, 1.54) is 27.8 Å². The molecule has 1 aromatic rings. The molecule has 4 N–H and O–H groups in total. The maximum absolute atomic E-state index is 5.47. The first-order valence-corrected chi connectivity index (χ1v) is 12.3. The van der Waals surface area contributed by atoms with Crippen LogP contribution in [-0.2, 0) is 0 Å². The fraction of sp³-hybridized carbons (Fsp3) is 0.448. The first-order chi connectivity index (χ1) is 16.1. The topological polar surface area (TPSA) is 53.3 Å². The Kier molecular flexibility index (Phi) is 17.9.